The van der Waals surface area contributed by atoms with Crippen LogP contribution in [0, 0.1) is 5.92 Å². The molecule has 2 heterocycles. The van der Waals surface area contributed by atoms with Gasteiger partial charge in [0.05, 0.1) is 29.9 Å². The van der Waals surface area contributed by atoms with Gasteiger partial charge in [0.15, 0.2) is 0 Å². The van der Waals surface area contributed by atoms with E-state index in [-0.39, 0.29) is 11.5 Å². The molecular formula is C16H21BrO4. The van der Waals surface area contributed by atoms with Crippen LogP contribution in [-0.4, -0.2) is 37.6 Å². The lowest BCUT2D eigenvalue weighted by Gasteiger charge is -2.39. The quantitative estimate of drug-likeness (QED) is 0.903. The van der Waals surface area contributed by atoms with E-state index in [1.54, 1.807) is 7.11 Å². The van der Waals surface area contributed by atoms with E-state index in [4.69, 9.17) is 14.2 Å². The first-order valence-corrected chi connectivity index (χ1v) is 8.16. The minimum absolute atomic E-state index is 0.173. The largest absolute Gasteiger partial charge is 0.496 e. The fraction of sp³-hybridized carbons (Fsp3) is 0.625. The number of aliphatic hydroxyl groups excluding tert-OH is 1. The highest BCUT2D eigenvalue weighted by Crippen LogP contribution is 2.41. The molecule has 0 aromatic heterocycles. The van der Waals surface area contributed by atoms with E-state index < -0.39 is 6.10 Å². The van der Waals surface area contributed by atoms with Gasteiger partial charge in [0.25, 0.3) is 0 Å². The molecule has 0 saturated carbocycles. The molecule has 1 N–H and O–H groups in total. The zero-order valence-corrected chi connectivity index (χ0v) is 13.8. The molecule has 0 aliphatic carbocycles. The monoisotopic (exact) mass is 356 g/mol. The Morgan fingerprint density at radius 2 is 2.29 bits per heavy atom. The molecule has 21 heavy (non-hydrogen) atoms. The standard InChI is InChI=1S/C16H21BrO4/c1-19-14-3-2-11(8-13(14)17)15(18)12-4-6-21-16(9-12)5-7-20-10-16/h2-3,8,12,15,18H,4-7,9-10H2,1H3. The summed E-state index contributed by atoms with van der Waals surface area (Å²) >= 11 is 3.48. The predicted octanol–water partition coefficient (Wildman–Crippen LogP) is 3.08. The number of ether oxygens (including phenoxy) is 3. The molecule has 3 rings (SSSR count). The lowest BCUT2D eigenvalue weighted by atomic mass is 9.80. The smallest absolute Gasteiger partial charge is 0.133 e. The lowest BCUT2D eigenvalue weighted by molar-refractivity contribution is -0.117. The van der Waals surface area contributed by atoms with Crippen LogP contribution in [0.2, 0.25) is 0 Å². The topological polar surface area (TPSA) is 47.9 Å². The SMILES string of the molecule is COc1ccc(C(O)C2CCOC3(CCOC3)C2)cc1Br. The van der Waals surface area contributed by atoms with E-state index in [1.165, 1.54) is 0 Å². The summed E-state index contributed by atoms with van der Waals surface area (Å²) in [6.07, 6.45) is 2.20. The van der Waals surface area contributed by atoms with Gasteiger partial charge >= 0.3 is 0 Å². The van der Waals surface area contributed by atoms with E-state index in [0.29, 0.717) is 13.2 Å². The minimum Gasteiger partial charge on any atom is -0.496 e. The number of benzene rings is 1. The van der Waals surface area contributed by atoms with Gasteiger partial charge in [-0.25, -0.2) is 0 Å². The van der Waals surface area contributed by atoms with Crippen LogP contribution in [0.1, 0.15) is 30.9 Å². The summed E-state index contributed by atoms with van der Waals surface area (Å²) in [7, 11) is 1.64. The number of methoxy groups -OCH3 is 1. The fourth-order valence-electron chi connectivity index (χ4n) is 3.34. The van der Waals surface area contributed by atoms with Crippen molar-refractivity contribution in [2.24, 2.45) is 5.92 Å². The third-order valence-electron chi connectivity index (χ3n) is 4.56. The van der Waals surface area contributed by atoms with Crippen molar-refractivity contribution in [3.63, 3.8) is 0 Å². The van der Waals surface area contributed by atoms with Gasteiger partial charge in [-0.05, 0) is 52.4 Å². The maximum atomic E-state index is 10.7. The van der Waals surface area contributed by atoms with E-state index in [9.17, 15) is 5.11 Å². The van der Waals surface area contributed by atoms with Crippen LogP contribution in [0.15, 0.2) is 22.7 Å². The lowest BCUT2D eigenvalue weighted by Crippen LogP contribution is -2.41. The second-order valence-corrected chi connectivity index (χ2v) is 6.78. The Labute approximate surface area is 133 Å². The molecule has 1 aromatic carbocycles. The van der Waals surface area contributed by atoms with Crippen molar-refractivity contribution in [1.82, 2.24) is 0 Å². The first-order chi connectivity index (χ1) is 10.1. The Kier molecular flexibility index (Phi) is 4.54. The number of hydrogen-bond acceptors (Lipinski definition) is 4. The Bertz CT molecular complexity index is 499. The molecule has 2 aliphatic rings. The van der Waals surface area contributed by atoms with Crippen LogP contribution < -0.4 is 4.74 Å². The molecule has 5 heteroatoms. The molecule has 0 radical (unpaired) electrons. The summed E-state index contributed by atoms with van der Waals surface area (Å²) in [5.74, 6) is 0.985. The average molecular weight is 357 g/mol. The molecule has 1 aromatic rings. The van der Waals surface area contributed by atoms with Gasteiger partial charge < -0.3 is 19.3 Å². The second-order valence-electron chi connectivity index (χ2n) is 5.93. The summed E-state index contributed by atoms with van der Waals surface area (Å²) in [6.45, 7) is 2.11. The van der Waals surface area contributed by atoms with Gasteiger partial charge in [0, 0.05) is 19.6 Å². The highest BCUT2D eigenvalue weighted by molar-refractivity contribution is 9.10. The summed E-state index contributed by atoms with van der Waals surface area (Å²) in [5.41, 5.74) is 0.747. The summed E-state index contributed by atoms with van der Waals surface area (Å²) in [4.78, 5) is 0. The Balaban J connectivity index is 1.75. The first-order valence-electron chi connectivity index (χ1n) is 7.37. The molecule has 3 atom stereocenters. The van der Waals surface area contributed by atoms with Crippen LogP contribution in [0.25, 0.3) is 0 Å². The van der Waals surface area contributed by atoms with E-state index in [0.717, 1.165) is 41.7 Å². The van der Waals surface area contributed by atoms with Crippen molar-refractivity contribution in [2.45, 2.75) is 31.0 Å². The van der Waals surface area contributed by atoms with Crippen molar-refractivity contribution in [3.8, 4) is 5.75 Å². The molecule has 116 valence electrons. The third-order valence-corrected chi connectivity index (χ3v) is 5.18. The van der Waals surface area contributed by atoms with Gasteiger partial charge in [-0.15, -0.1) is 0 Å². The molecule has 2 aliphatic heterocycles. The second kappa shape index (κ2) is 6.24. The molecular weight excluding hydrogens is 336 g/mol. The van der Waals surface area contributed by atoms with Crippen LogP contribution in [0.5, 0.6) is 5.75 Å². The van der Waals surface area contributed by atoms with Crippen LogP contribution in [-0.2, 0) is 9.47 Å². The highest BCUT2D eigenvalue weighted by atomic mass is 79.9. The van der Waals surface area contributed by atoms with Crippen LogP contribution in [0.3, 0.4) is 0 Å². The fourth-order valence-corrected chi connectivity index (χ4v) is 3.90. The number of hydrogen-bond donors (Lipinski definition) is 1. The van der Waals surface area contributed by atoms with Gasteiger partial charge in [-0.2, -0.15) is 0 Å². The van der Waals surface area contributed by atoms with Crippen LogP contribution in [0.4, 0.5) is 0 Å². The van der Waals surface area contributed by atoms with Gasteiger partial charge in [-0.3, -0.25) is 0 Å². The predicted molar refractivity (Wildman–Crippen MR) is 82.5 cm³/mol. The molecule has 4 nitrogen and oxygen atoms in total. The number of aliphatic hydroxyl groups is 1. The van der Waals surface area contributed by atoms with Gasteiger partial charge in [0.1, 0.15) is 5.75 Å². The van der Waals surface area contributed by atoms with E-state index in [2.05, 4.69) is 15.9 Å². The maximum Gasteiger partial charge on any atom is 0.133 e. The average Bonchev–Trinajstić information content (AvgIpc) is 2.94. The molecule has 0 amide bonds. The Hall–Kier alpha value is -0.620. The van der Waals surface area contributed by atoms with Crippen molar-refractivity contribution >= 4 is 15.9 Å². The molecule has 0 bridgehead atoms. The zero-order valence-electron chi connectivity index (χ0n) is 12.2. The Morgan fingerprint density at radius 3 is 2.95 bits per heavy atom. The van der Waals surface area contributed by atoms with Crippen molar-refractivity contribution in [2.75, 3.05) is 26.9 Å². The molecule has 2 saturated heterocycles. The highest BCUT2D eigenvalue weighted by Gasteiger charge is 2.43. The third kappa shape index (κ3) is 3.11. The number of rotatable bonds is 3. The summed E-state index contributed by atoms with van der Waals surface area (Å²) in [6, 6.07) is 5.76. The molecule has 2 fully saturated rings. The first kappa shape index (κ1) is 15.3. The molecule has 3 unspecified atom stereocenters. The number of halogens is 1. The maximum absolute atomic E-state index is 10.7. The van der Waals surface area contributed by atoms with E-state index in [1.807, 2.05) is 18.2 Å². The zero-order chi connectivity index (χ0) is 14.9. The molecule has 1 spiro atoms. The summed E-state index contributed by atoms with van der Waals surface area (Å²) < 4.78 is 17.5. The van der Waals surface area contributed by atoms with Crippen molar-refractivity contribution in [3.05, 3.63) is 28.2 Å². The van der Waals surface area contributed by atoms with Crippen molar-refractivity contribution < 1.29 is 19.3 Å². The van der Waals surface area contributed by atoms with Crippen molar-refractivity contribution in [1.29, 1.82) is 0 Å². The minimum atomic E-state index is -0.478. The van der Waals surface area contributed by atoms with Gasteiger partial charge in [0.2, 0.25) is 0 Å². The van der Waals surface area contributed by atoms with Crippen LogP contribution >= 0.6 is 15.9 Å². The Morgan fingerprint density at radius 1 is 1.43 bits per heavy atom. The summed E-state index contributed by atoms with van der Waals surface area (Å²) in [5, 5.41) is 10.7. The van der Waals surface area contributed by atoms with Gasteiger partial charge in [-0.1, -0.05) is 6.07 Å². The van der Waals surface area contributed by atoms with E-state index >= 15 is 0 Å². The normalized spacial score (nSPS) is 30.5.